The van der Waals surface area contributed by atoms with Gasteiger partial charge in [0.05, 0.1) is 0 Å². The molecule has 4 unspecified atom stereocenters. The van der Waals surface area contributed by atoms with E-state index in [1.165, 1.54) is 0 Å². The molecule has 2 saturated heterocycles. The van der Waals surface area contributed by atoms with Crippen molar-refractivity contribution in [3.8, 4) is 0 Å². The van der Waals surface area contributed by atoms with Gasteiger partial charge >= 0.3 is 48.2 Å². The highest BCUT2D eigenvalue weighted by Gasteiger charge is 2.97. The second-order valence-electron chi connectivity index (χ2n) is 5.87. The predicted octanol–water partition coefficient (Wildman–Crippen LogP) is 3.35. The summed E-state index contributed by atoms with van der Waals surface area (Å²) in [6.45, 7) is -2.91. The maximum atomic E-state index is 14.5. The monoisotopic (exact) mass is 500 g/mol. The SMILES string of the molecule is COC1(C(F)(F)F)OC(F)(F)C(F)(C(F)(F)C2(F)OC(CO)(C(F)(F)F)OC2(F)F)O1. The molecule has 2 fully saturated rings. The second-order valence-corrected chi connectivity index (χ2v) is 5.87. The first kappa shape index (κ1) is 26.0. The summed E-state index contributed by atoms with van der Waals surface area (Å²) in [5.41, 5.74) is 0. The van der Waals surface area contributed by atoms with Crippen LogP contribution in [0.2, 0.25) is 0 Å². The van der Waals surface area contributed by atoms with Crippen LogP contribution in [0.15, 0.2) is 0 Å². The smallest absolute Gasteiger partial charge is 0.390 e. The quantitative estimate of drug-likeness (QED) is 0.598. The van der Waals surface area contributed by atoms with Gasteiger partial charge in [-0.15, -0.1) is 0 Å². The van der Waals surface area contributed by atoms with Gasteiger partial charge in [0.25, 0.3) is 5.79 Å². The summed E-state index contributed by atoms with van der Waals surface area (Å²) in [6, 6.07) is 0. The molecule has 2 aliphatic heterocycles. The molecule has 184 valence electrons. The summed E-state index contributed by atoms with van der Waals surface area (Å²) in [5.74, 6) is -32.2. The van der Waals surface area contributed by atoms with Crippen LogP contribution in [-0.4, -0.2) is 72.8 Å². The number of aliphatic hydroxyl groups excluding tert-OH is 1. The number of ether oxygens (including phenoxy) is 5. The molecule has 0 aromatic rings. The second kappa shape index (κ2) is 6.43. The third-order valence-electron chi connectivity index (χ3n) is 3.95. The molecule has 0 bridgehead atoms. The molecule has 2 heterocycles. The van der Waals surface area contributed by atoms with Crippen molar-refractivity contribution >= 4 is 0 Å². The minimum atomic E-state index is -7.47. The number of rotatable bonds is 4. The van der Waals surface area contributed by atoms with Crippen molar-refractivity contribution in [2.45, 2.75) is 54.0 Å². The molecule has 0 radical (unpaired) electrons. The molecular formula is C11H6F14O6. The standard InChI is InChI=1S/C11H6F14O6/c1-27-11(8(19,20)21)30-6(15,10(24,25)31-11)4(12,13)5(14)9(22,23)29-3(2-26,28-5)7(16,17)18/h26H,2H2,1H3. The summed E-state index contributed by atoms with van der Waals surface area (Å²) < 4.78 is 203. The van der Waals surface area contributed by atoms with Gasteiger partial charge in [0.1, 0.15) is 6.61 Å². The zero-order chi connectivity index (χ0) is 24.7. The molecule has 2 rings (SSSR count). The molecule has 0 aromatic heterocycles. The number of aliphatic hydroxyl groups is 1. The van der Waals surface area contributed by atoms with Crippen LogP contribution in [0.3, 0.4) is 0 Å². The lowest BCUT2D eigenvalue weighted by Gasteiger charge is -2.38. The largest absolute Gasteiger partial charge is 0.473 e. The van der Waals surface area contributed by atoms with Gasteiger partial charge in [0.15, 0.2) is 0 Å². The van der Waals surface area contributed by atoms with E-state index >= 15 is 0 Å². The van der Waals surface area contributed by atoms with Crippen LogP contribution in [0.25, 0.3) is 0 Å². The van der Waals surface area contributed by atoms with Crippen LogP contribution in [0, 0.1) is 0 Å². The Morgan fingerprint density at radius 3 is 1.39 bits per heavy atom. The van der Waals surface area contributed by atoms with Crippen molar-refractivity contribution in [1.29, 1.82) is 0 Å². The lowest BCUT2D eigenvalue weighted by atomic mass is 10.00. The Labute approximate surface area is 159 Å². The minimum absolute atomic E-state index is 0.233. The van der Waals surface area contributed by atoms with E-state index in [0.29, 0.717) is 0 Å². The normalized spacial score (nSPS) is 41.0. The molecule has 6 nitrogen and oxygen atoms in total. The zero-order valence-corrected chi connectivity index (χ0v) is 14.0. The van der Waals surface area contributed by atoms with E-state index in [1.807, 2.05) is 0 Å². The molecule has 2 aliphatic rings. The maximum absolute atomic E-state index is 14.5. The molecular weight excluding hydrogens is 494 g/mol. The molecule has 31 heavy (non-hydrogen) atoms. The first-order valence-corrected chi connectivity index (χ1v) is 7.06. The lowest BCUT2D eigenvalue weighted by molar-refractivity contribution is -0.483. The summed E-state index contributed by atoms with van der Waals surface area (Å²) in [5, 5.41) is 8.56. The van der Waals surface area contributed by atoms with Crippen LogP contribution >= 0.6 is 0 Å². The van der Waals surface area contributed by atoms with Gasteiger partial charge in [0.2, 0.25) is 0 Å². The number of alkyl halides is 14. The Balaban J connectivity index is 2.69. The van der Waals surface area contributed by atoms with E-state index in [9.17, 15) is 61.5 Å². The van der Waals surface area contributed by atoms with Gasteiger partial charge in [-0.25, -0.2) is 0 Å². The summed E-state index contributed by atoms with van der Waals surface area (Å²) in [7, 11) is -0.233. The third kappa shape index (κ3) is 3.01. The number of hydrogen-bond acceptors (Lipinski definition) is 6. The van der Waals surface area contributed by atoms with Gasteiger partial charge < -0.3 is 9.84 Å². The van der Waals surface area contributed by atoms with Crippen LogP contribution in [0.5, 0.6) is 0 Å². The number of halogens is 14. The molecule has 0 aliphatic carbocycles. The van der Waals surface area contributed by atoms with E-state index in [2.05, 4.69) is 23.7 Å². The van der Waals surface area contributed by atoms with E-state index in [4.69, 9.17) is 5.11 Å². The van der Waals surface area contributed by atoms with Gasteiger partial charge in [-0.3, -0.25) is 18.9 Å². The highest BCUT2D eigenvalue weighted by Crippen LogP contribution is 2.67. The fourth-order valence-electron chi connectivity index (χ4n) is 2.37. The van der Waals surface area contributed by atoms with Crippen molar-refractivity contribution in [2.75, 3.05) is 13.7 Å². The van der Waals surface area contributed by atoms with E-state index in [1.54, 1.807) is 0 Å². The van der Waals surface area contributed by atoms with E-state index in [0.717, 1.165) is 0 Å². The molecule has 0 amide bonds. The minimum Gasteiger partial charge on any atom is -0.390 e. The average molecular weight is 500 g/mol. The van der Waals surface area contributed by atoms with Gasteiger partial charge in [-0.1, -0.05) is 0 Å². The summed E-state index contributed by atoms with van der Waals surface area (Å²) in [4.78, 5) is 0. The summed E-state index contributed by atoms with van der Waals surface area (Å²) >= 11 is 0. The first-order valence-electron chi connectivity index (χ1n) is 7.06. The van der Waals surface area contributed by atoms with Crippen LogP contribution in [0.4, 0.5) is 61.5 Å². The first-order chi connectivity index (χ1) is 13.4. The van der Waals surface area contributed by atoms with Gasteiger partial charge in [0, 0.05) is 7.11 Å². The van der Waals surface area contributed by atoms with Crippen molar-refractivity contribution < 1.29 is 90.3 Å². The highest BCUT2D eigenvalue weighted by molar-refractivity contribution is 5.12. The van der Waals surface area contributed by atoms with Gasteiger partial charge in [-0.2, -0.15) is 61.5 Å². The van der Waals surface area contributed by atoms with Gasteiger partial charge in [-0.05, 0) is 0 Å². The Morgan fingerprint density at radius 2 is 1.10 bits per heavy atom. The third-order valence-corrected chi connectivity index (χ3v) is 3.95. The number of hydrogen-bond donors (Lipinski definition) is 1. The van der Waals surface area contributed by atoms with Crippen molar-refractivity contribution in [2.24, 2.45) is 0 Å². The van der Waals surface area contributed by atoms with E-state index < -0.39 is 60.6 Å². The van der Waals surface area contributed by atoms with Crippen molar-refractivity contribution in [3.63, 3.8) is 0 Å². The predicted molar refractivity (Wildman–Crippen MR) is 58.5 cm³/mol. The zero-order valence-electron chi connectivity index (χ0n) is 14.0. The molecule has 0 spiro atoms. The lowest BCUT2D eigenvalue weighted by Crippen LogP contribution is -2.70. The Morgan fingerprint density at radius 1 is 0.677 bits per heavy atom. The molecule has 0 saturated carbocycles. The Kier molecular flexibility index (Phi) is 5.40. The maximum Gasteiger partial charge on any atom is 0.473 e. The number of methoxy groups -OCH3 is 1. The Bertz CT molecular complexity index is 667. The van der Waals surface area contributed by atoms with Crippen LogP contribution < -0.4 is 0 Å². The van der Waals surface area contributed by atoms with Crippen molar-refractivity contribution in [3.05, 3.63) is 0 Å². The molecule has 1 N–H and O–H groups in total. The average Bonchev–Trinajstić information content (AvgIpc) is 2.94. The summed E-state index contributed by atoms with van der Waals surface area (Å²) in [6.07, 6.45) is -26.4. The van der Waals surface area contributed by atoms with Crippen molar-refractivity contribution in [1.82, 2.24) is 0 Å². The fourth-order valence-corrected chi connectivity index (χ4v) is 2.37. The Hall–Kier alpha value is -1.22. The molecule has 4 atom stereocenters. The topological polar surface area (TPSA) is 66.4 Å². The van der Waals surface area contributed by atoms with E-state index in [-0.39, 0.29) is 7.11 Å². The fraction of sp³-hybridized carbons (Fsp3) is 1.00. The highest BCUT2D eigenvalue weighted by atomic mass is 19.4. The molecule has 0 aromatic carbocycles. The van der Waals surface area contributed by atoms with Crippen LogP contribution in [0.1, 0.15) is 0 Å². The molecule has 20 heteroatoms. The van der Waals surface area contributed by atoms with Crippen LogP contribution in [-0.2, 0) is 23.7 Å².